The van der Waals surface area contributed by atoms with Crippen LogP contribution in [0.5, 0.6) is 0 Å². The van der Waals surface area contributed by atoms with E-state index in [9.17, 15) is 9.59 Å². The van der Waals surface area contributed by atoms with E-state index in [0.717, 1.165) is 0 Å². The number of carbonyl (C=O) groups excluding carboxylic acids is 2. The molecule has 1 N–H and O–H groups in total. The zero-order valence-corrected chi connectivity index (χ0v) is 11.7. The number of rotatable bonds is 1. The van der Waals surface area contributed by atoms with Gasteiger partial charge < -0.3 is 15.0 Å². The van der Waals surface area contributed by atoms with Gasteiger partial charge in [-0.15, -0.1) is 0 Å². The second kappa shape index (κ2) is 4.98. The number of nitrogens with zero attached hydrogens (tertiary/aromatic N) is 1. The Labute approximate surface area is 121 Å². The average Bonchev–Trinajstić information content (AvgIpc) is 2.81. The van der Waals surface area contributed by atoms with E-state index in [1.165, 1.54) is 0 Å². The topological polar surface area (TPSA) is 58.6 Å². The van der Waals surface area contributed by atoms with Gasteiger partial charge in [-0.3, -0.25) is 4.79 Å². The maximum atomic E-state index is 12.4. The Morgan fingerprint density at radius 1 is 1.30 bits per heavy atom. The zero-order valence-electron chi connectivity index (χ0n) is 10.9. The van der Waals surface area contributed by atoms with Crippen LogP contribution in [0.15, 0.2) is 24.3 Å². The summed E-state index contributed by atoms with van der Waals surface area (Å²) in [5, 5.41) is 3.14. The van der Waals surface area contributed by atoms with E-state index in [4.69, 9.17) is 16.3 Å². The fourth-order valence-electron chi connectivity index (χ4n) is 2.70. The van der Waals surface area contributed by atoms with Crippen LogP contribution in [0.25, 0.3) is 0 Å². The van der Waals surface area contributed by atoms with Gasteiger partial charge in [0.2, 0.25) is 0 Å². The maximum absolute atomic E-state index is 12.4. The molecule has 6 heteroatoms. The number of halogens is 1. The molecule has 20 heavy (non-hydrogen) atoms. The minimum absolute atomic E-state index is 0.0669. The SMILES string of the molecule is O=C1NCC2(CCN(C(=O)c3ccccc3Cl)CC2)O1. The molecule has 2 aliphatic heterocycles. The van der Waals surface area contributed by atoms with Gasteiger partial charge in [-0.2, -0.15) is 0 Å². The van der Waals surface area contributed by atoms with Crippen LogP contribution in [0.3, 0.4) is 0 Å². The van der Waals surface area contributed by atoms with Crippen molar-refractivity contribution in [3.8, 4) is 0 Å². The van der Waals surface area contributed by atoms with Crippen molar-refractivity contribution in [2.24, 2.45) is 0 Å². The molecular weight excluding hydrogens is 280 g/mol. The van der Waals surface area contributed by atoms with Crippen LogP contribution in [-0.4, -0.2) is 42.1 Å². The molecule has 0 aliphatic carbocycles. The van der Waals surface area contributed by atoms with Crippen molar-refractivity contribution in [3.63, 3.8) is 0 Å². The monoisotopic (exact) mass is 294 g/mol. The first-order chi connectivity index (χ1) is 9.60. The van der Waals surface area contributed by atoms with E-state index in [1.807, 2.05) is 0 Å². The summed E-state index contributed by atoms with van der Waals surface area (Å²) >= 11 is 6.05. The van der Waals surface area contributed by atoms with Gasteiger partial charge in [0, 0.05) is 25.9 Å². The Morgan fingerprint density at radius 2 is 2.00 bits per heavy atom. The summed E-state index contributed by atoms with van der Waals surface area (Å²) in [5.41, 5.74) is 0.0839. The van der Waals surface area contributed by atoms with E-state index in [2.05, 4.69) is 5.32 Å². The molecular formula is C14H15ClN2O3. The largest absolute Gasteiger partial charge is 0.441 e. The van der Waals surface area contributed by atoms with Crippen LogP contribution >= 0.6 is 11.6 Å². The minimum atomic E-state index is -0.436. The summed E-state index contributed by atoms with van der Waals surface area (Å²) < 4.78 is 5.33. The maximum Gasteiger partial charge on any atom is 0.407 e. The lowest BCUT2D eigenvalue weighted by Gasteiger charge is -2.37. The number of likely N-dealkylation sites (tertiary alicyclic amines) is 1. The molecule has 0 radical (unpaired) electrons. The number of carbonyl (C=O) groups is 2. The third kappa shape index (κ3) is 2.33. The van der Waals surface area contributed by atoms with Gasteiger partial charge in [-0.25, -0.2) is 4.79 Å². The molecule has 2 saturated heterocycles. The van der Waals surface area contributed by atoms with E-state index < -0.39 is 5.60 Å². The highest BCUT2D eigenvalue weighted by Crippen LogP contribution is 2.30. The summed E-state index contributed by atoms with van der Waals surface area (Å²) in [6, 6.07) is 7.04. The van der Waals surface area contributed by atoms with Crippen molar-refractivity contribution < 1.29 is 14.3 Å². The predicted molar refractivity (Wildman–Crippen MR) is 73.8 cm³/mol. The van der Waals surface area contributed by atoms with Gasteiger partial charge in [0.05, 0.1) is 17.1 Å². The van der Waals surface area contributed by atoms with Crippen molar-refractivity contribution in [1.29, 1.82) is 0 Å². The number of hydrogen-bond acceptors (Lipinski definition) is 3. The number of piperidine rings is 1. The lowest BCUT2D eigenvalue weighted by molar-refractivity contribution is 0.00332. The molecule has 2 amide bonds. The second-order valence-corrected chi connectivity index (χ2v) is 5.61. The van der Waals surface area contributed by atoms with Crippen LogP contribution in [0.2, 0.25) is 5.02 Å². The van der Waals surface area contributed by atoms with Gasteiger partial charge in [0.25, 0.3) is 5.91 Å². The molecule has 3 rings (SSSR count). The molecule has 0 saturated carbocycles. The molecule has 2 aliphatic rings. The number of amides is 2. The van der Waals surface area contributed by atoms with Gasteiger partial charge in [0.1, 0.15) is 5.60 Å². The van der Waals surface area contributed by atoms with Crippen molar-refractivity contribution in [2.75, 3.05) is 19.6 Å². The van der Waals surface area contributed by atoms with Gasteiger partial charge in [-0.1, -0.05) is 23.7 Å². The Balaban J connectivity index is 1.68. The Bertz CT molecular complexity index is 553. The van der Waals surface area contributed by atoms with Crippen LogP contribution in [0.4, 0.5) is 4.79 Å². The number of nitrogens with one attached hydrogen (secondary N) is 1. The highest BCUT2D eigenvalue weighted by atomic mass is 35.5. The smallest absolute Gasteiger partial charge is 0.407 e. The lowest BCUT2D eigenvalue weighted by atomic mass is 9.91. The summed E-state index contributed by atoms with van der Waals surface area (Å²) in [7, 11) is 0. The fraction of sp³-hybridized carbons (Fsp3) is 0.429. The predicted octanol–water partition coefficient (Wildman–Crippen LogP) is 2.05. The third-order valence-electron chi connectivity index (χ3n) is 3.93. The van der Waals surface area contributed by atoms with Gasteiger partial charge in [-0.05, 0) is 12.1 Å². The van der Waals surface area contributed by atoms with Gasteiger partial charge >= 0.3 is 6.09 Å². The first-order valence-electron chi connectivity index (χ1n) is 6.60. The molecule has 2 heterocycles. The van der Waals surface area contributed by atoms with Crippen molar-refractivity contribution in [3.05, 3.63) is 34.9 Å². The van der Waals surface area contributed by atoms with E-state index >= 15 is 0 Å². The molecule has 1 aromatic carbocycles. The van der Waals surface area contributed by atoms with Crippen LogP contribution in [0.1, 0.15) is 23.2 Å². The van der Waals surface area contributed by atoms with E-state index in [1.54, 1.807) is 29.2 Å². The number of benzene rings is 1. The Hall–Kier alpha value is -1.75. The zero-order chi connectivity index (χ0) is 14.2. The lowest BCUT2D eigenvalue weighted by Crippen LogP contribution is -2.48. The molecule has 5 nitrogen and oxygen atoms in total. The summed E-state index contributed by atoms with van der Waals surface area (Å²) in [5.74, 6) is -0.0669. The fourth-order valence-corrected chi connectivity index (χ4v) is 2.92. The van der Waals surface area contributed by atoms with Crippen molar-refractivity contribution in [2.45, 2.75) is 18.4 Å². The molecule has 0 aromatic heterocycles. The summed E-state index contributed by atoms with van der Waals surface area (Å²) in [4.78, 5) is 25.3. The van der Waals surface area contributed by atoms with Crippen LogP contribution in [0, 0.1) is 0 Å². The third-order valence-corrected chi connectivity index (χ3v) is 4.26. The Morgan fingerprint density at radius 3 is 2.60 bits per heavy atom. The van der Waals surface area contributed by atoms with Gasteiger partial charge in [0.15, 0.2) is 0 Å². The van der Waals surface area contributed by atoms with Crippen LogP contribution in [-0.2, 0) is 4.74 Å². The molecule has 0 bridgehead atoms. The average molecular weight is 295 g/mol. The highest BCUT2D eigenvalue weighted by molar-refractivity contribution is 6.33. The minimum Gasteiger partial charge on any atom is -0.441 e. The second-order valence-electron chi connectivity index (χ2n) is 5.20. The molecule has 1 aromatic rings. The molecule has 0 atom stereocenters. The molecule has 106 valence electrons. The molecule has 2 fully saturated rings. The van der Waals surface area contributed by atoms with E-state index in [0.29, 0.717) is 43.1 Å². The molecule has 1 spiro atoms. The number of ether oxygens (including phenoxy) is 1. The molecule has 0 unspecified atom stereocenters. The highest BCUT2D eigenvalue weighted by Gasteiger charge is 2.43. The first kappa shape index (κ1) is 13.2. The van der Waals surface area contributed by atoms with Crippen LogP contribution < -0.4 is 5.32 Å². The number of alkyl carbamates (subject to hydrolysis) is 1. The number of hydrogen-bond donors (Lipinski definition) is 1. The van der Waals surface area contributed by atoms with Crippen molar-refractivity contribution in [1.82, 2.24) is 10.2 Å². The standard InChI is InChI=1S/C14H15ClN2O3/c15-11-4-2-1-3-10(11)12(18)17-7-5-14(6-8-17)9-16-13(19)20-14/h1-4H,5-9H2,(H,16,19). The Kier molecular flexibility index (Phi) is 3.30. The van der Waals surface area contributed by atoms with E-state index in [-0.39, 0.29) is 12.0 Å². The quantitative estimate of drug-likeness (QED) is 0.862. The first-order valence-corrected chi connectivity index (χ1v) is 6.98. The normalized spacial score (nSPS) is 20.6. The van der Waals surface area contributed by atoms with Crippen molar-refractivity contribution >= 4 is 23.6 Å². The summed E-state index contributed by atoms with van der Waals surface area (Å²) in [6.45, 7) is 1.66. The summed E-state index contributed by atoms with van der Waals surface area (Å²) in [6.07, 6.45) is 0.944.